The Labute approximate surface area is 197 Å². The van der Waals surface area contributed by atoms with Crippen molar-refractivity contribution in [3.8, 4) is 0 Å². The van der Waals surface area contributed by atoms with Gasteiger partial charge in [0.1, 0.15) is 12.3 Å². The van der Waals surface area contributed by atoms with Gasteiger partial charge in [-0.2, -0.15) is 0 Å². The minimum absolute atomic E-state index is 0.239. The van der Waals surface area contributed by atoms with Crippen LogP contribution in [0.2, 0.25) is 0 Å². The van der Waals surface area contributed by atoms with E-state index >= 15 is 0 Å². The standard InChI is InChI=1S/C29H32N4/c1-21-26(32-19-28(30(4)22(32)2)24-13-8-6-9-14-24)17-12-18-27(21)33-20-29(31(5)23(33)3)25-15-10-7-11-16-25/h6-20,22-23H,1-5H3/t22-,23+. The average molecular weight is 437 g/mol. The van der Waals surface area contributed by atoms with Gasteiger partial charge in [0, 0.05) is 37.9 Å². The molecule has 0 bridgehead atoms. The molecule has 2 aliphatic rings. The third kappa shape index (κ3) is 3.56. The van der Waals surface area contributed by atoms with E-state index in [1.54, 1.807) is 0 Å². The van der Waals surface area contributed by atoms with Crippen molar-refractivity contribution in [3.05, 3.63) is 108 Å². The van der Waals surface area contributed by atoms with E-state index < -0.39 is 0 Å². The minimum Gasteiger partial charge on any atom is -0.353 e. The van der Waals surface area contributed by atoms with Crippen molar-refractivity contribution >= 4 is 22.8 Å². The van der Waals surface area contributed by atoms with Crippen LogP contribution >= 0.6 is 0 Å². The molecule has 0 fully saturated rings. The highest BCUT2D eigenvalue weighted by atomic mass is 15.4. The average Bonchev–Trinajstić information content (AvgIpc) is 3.31. The Morgan fingerprint density at radius 3 is 1.33 bits per heavy atom. The number of benzene rings is 3. The number of anilines is 2. The maximum atomic E-state index is 2.40. The van der Waals surface area contributed by atoms with E-state index in [2.05, 4.69) is 146 Å². The molecule has 2 atom stereocenters. The van der Waals surface area contributed by atoms with Crippen LogP contribution in [0.4, 0.5) is 11.4 Å². The van der Waals surface area contributed by atoms with E-state index in [0.717, 1.165) is 0 Å². The van der Waals surface area contributed by atoms with Crippen molar-refractivity contribution in [1.29, 1.82) is 0 Å². The van der Waals surface area contributed by atoms with Crippen LogP contribution in [-0.4, -0.2) is 36.2 Å². The van der Waals surface area contributed by atoms with Crippen LogP contribution in [0.1, 0.15) is 30.5 Å². The van der Waals surface area contributed by atoms with Crippen molar-refractivity contribution in [2.45, 2.75) is 33.1 Å². The Morgan fingerprint density at radius 2 is 0.939 bits per heavy atom. The maximum Gasteiger partial charge on any atom is 0.103 e. The first kappa shape index (κ1) is 21.2. The quantitative estimate of drug-likeness (QED) is 0.483. The van der Waals surface area contributed by atoms with Crippen molar-refractivity contribution in [2.75, 3.05) is 23.9 Å². The molecule has 0 saturated heterocycles. The van der Waals surface area contributed by atoms with E-state index in [4.69, 9.17) is 0 Å². The van der Waals surface area contributed by atoms with Crippen LogP contribution in [-0.2, 0) is 0 Å². The second kappa shape index (κ2) is 8.36. The fourth-order valence-electron chi connectivity index (χ4n) is 4.92. The van der Waals surface area contributed by atoms with Gasteiger partial charge in [0.05, 0.1) is 11.4 Å². The van der Waals surface area contributed by atoms with Crippen LogP contribution in [0.5, 0.6) is 0 Å². The molecule has 0 radical (unpaired) electrons. The van der Waals surface area contributed by atoms with Gasteiger partial charge in [0.15, 0.2) is 0 Å². The summed E-state index contributed by atoms with van der Waals surface area (Å²) >= 11 is 0. The zero-order chi connectivity index (χ0) is 23.1. The fourth-order valence-corrected chi connectivity index (χ4v) is 4.92. The first-order valence-electron chi connectivity index (χ1n) is 11.6. The van der Waals surface area contributed by atoms with Crippen LogP contribution in [0.25, 0.3) is 11.4 Å². The maximum absolute atomic E-state index is 2.40. The van der Waals surface area contributed by atoms with Gasteiger partial charge in [-0.05, 0) is 49.6 Å². The molecule has 0 spiro atoms. The lowest BCUT2D eigenvalue weighted by Gasteiger charge is -2.33. The van der Waals surface area contributed by atoms with Gasteiger partial charge in [0.2, 0.25) is 0 Å². The van der Waals surface area contributed by atoms with Crippen LogP contribution in [0.3, 0.4) is 0 Å². The lowest BCUT2D eigenvalue weighted by atomic mass is 10.1. The van der Waals surface area contributed by atoms with E-state index in [0.29, 0.717) is 0 Å². The normalized spacial score (nSPS) is 20.4. The van der Waals surface area contributed by atoms with E-state index in [1.165, 1.54) is 39.5 Å². The topological polar surface area (TPSA) is 13.0 Å². The highest BCUT2D eigenvalue weighted by Crippen LogP contribution is 2.40. The zero-order valence-corrected chi connectivity index (χ0v) is 20.1. The summed E-state index contributed by atoms with van der Waals surface area (Å²) in [6, 6.07) is 27.9. The van der Waals surface area contributed by atoms with E-state index in [9.17, 15) is 0 Å². The molecule has 0 aromatic heterocycles. The summed E-state index contributed by atoms with van der Waals surface area (Å²) in [5.41, 5.74) is 8.75. The lowest BCUT2D eigenvalue weighted by Crippen LogP contribution is -2.36. The first-order valence-corrected chi connectivity index (χ1v) is 11.6. The number of rotatable bonds is 4. The van der Waals surface area contributed by atoms with Gasteiger partial charge in [-0.25, -0.2) is 0 Å². The zero-order valence-electron chi connectivity index (χ0n) is 20.1. The number of nitrogens with zero attached hydrogens (tertiary/aromatic N) is 4. The molecular formula is C29H32N4. The Kier molecular flexibility index (Phi) is 5.37. The van der Waals surface area contributed by atoms with Gasteiger partial charge in [0.25, 0.3) is 0 Å². The molecule has 3 aromatic rings. The summed E-state index contributed by atoms with van der Waals surface area (Å²) in [5, 5.41) is 0. The molecule has 0 amide bonds. The third-order valence-corrected chi connectivity index (χ3v) is 7.18. The smallest absolute Gasteiger partial charge is 0.103 e. The largest absolute Gasteiger partial charge is 0.353 e. The summed E-state index contributed by atoms with van der Waals surface area (Å²) < 4.78 is 0. The molecule has 0 N–H and O–H groups in total. The van der Waals surface area contributed by atoms with Gasteiger partial charge in [-0.15, -0.1) is 0 Å². The molecule has 2 aliphatic heterocycles. The number of hydrogen-bond acceptors (Lipinski definition) is 4. The van der Waals surface area contributed by atoms with Gasteiger partial charge >= 0.3 is 0 Å². The Morgan fingerprint density at radius 1 is 0.545 bits per heavy atom. The highest BCUT2D eigenvalue weighted by molar-refractivity contribution is 5.79. The summed E-state index contributed by atoms with van der Waals surface area (Å²) in [5.74, 6) is 0. The third-order valence-electron chi connectivity index (χ3n) is 7.18. The second-order valence-electron chi connectivity index (χ2n) is 8.98. The van der Waals surface area contributed by atoms with Crippen LogP contribution in [0.15, 0.2) is 91.3 Å². The van der Waals surface area contributed by atoms with Gasteiger partial charge < -0.3 is 19.6 Å². The van der Waals surface area contributed by atoms with Gasteiger partial charge in [-0.1, -0.05) is 66.7 Å². The van der Waals surface area contributed by atoms with Crippen LogP contribution in [0, 0.1) is 6.92 Å². The molecule has 4 nitrogen and oxygen atoms in total. The molecule has 4 heteroatoms. The predicted molar refractivity (Wildman–Crippen MR) is 139 cm³/mol. The molecule has 2 heterocycles. The Balaban J connectivity index is 1.53. The van der Waals surface area contributed by atoms with Gasteiger partial charge in [-0.3, -0.25) is 0 Å². The molecule has 0 saturated carbocycles. The first-order chi connectivity index (χ1) is 16.0. The molecule has 3 aromatic carbocycles. The highest BCUT2D eigenvalue weighted by Gasteiger charge is 2.32. The molecule has 0 unspecified atom stereocenters. The SMILES string of the molecule is Cc1c(N2C=C(c3ccccc3)N(C)[C@H]2C)cccc1N1C=C(c2ccccc2)N(C)[C@@H]1C. The van der Waals surface area contributed by atoms with Crippen molar-refractivity contribution in [2.24, 2.45) is 0 Å². The second-order valence-corrected chi connectivity index (χ2v) is 8.98. The van der Waals surface area contributed by atoms with E-state index in [-0.39, 0.29) is 12.3 Å². The van der Waals surface area contributed by atoms with E-state index in [1.807, 2.05) is 0 Å². The fraction of sp³-hybridized carbons (Fsp3) is 0.241. The summed E-state index contributed by atoms with van der Waals surface area (Å²) in [7, 11) is 4.35. The summed E-state index contributed by atoms with van der Waals surface area (Å²) in [6.07, 6.45) is 5.06. The number of hydrogen-bond donors (Lipinski definition) is 0. The summed E-state index contributed by atoms with van der Waals surface area (Å²) in [6.45, 7) is 6.77. The molecule has 168 valence electrons. The lowest BCUT2D eigenvalue weighted by molar-refractivity contribution is 0.397. The van der Waals surface area contributed by atoms with Crippen molar-refractivity contribution < 1.29 is 0 Å². The molecule has 33 heavy (non-hydrogen) atoms. The molecule has 5 rings (SSSR count). The minimum atomic E-state index is 0.239. The Bertz CT molecular complexity index is 1110. The van der Waals surface area contributed by atoms with Crippen molar-refractivity contribution in [1.82, 2.24) is 9.80 Å². The summed E-state index contributed by atoms with van der Waals surface area (Å²) in [4.78, 5) is 9.49. The van der Waals surface area contributed by atoms with Crippen LogP contribution < -0.4 is 9.80 Å². The monoisotopic (exact) mass is 436 g/mol. The predicted octanol–water partition coefficient (Wildman–Crippen LogP) is 6.19. The Hall–Kier alpha value is -3.66. The molecular weight excluding hydrogens is 404 g/mol. The van der Waals surface area contributed by atoms with Crippen molar-refractivity contribution in [3.63, 3.8) is 0 Å². The molecule has 0 aliphatic carbocycles.